The zero-order valence-corrected chi connectivity index (χ0v) is 12.5. The summed E-state index contributed by atoms with van der Waals surface area (Å²) in [5, 5.41) is 0. The second kappa shape index (κ2) is 6.26. The first-order valence-electron chi connectivity index (χ1n) is 7.65. The van der Waals surface area contributed by atoms with Crippen molar-refractivity contribution in [1.82, 2.24) is 19.2 Å². The lowest BCUT2D eigenvalue weighted by Crippen LogP contribution is -2.38. The smallest absolute Gasteiger partial charge is 0.273 e. The van der Waals surface area contributed by atoms with Gasteiger partial charge in [0, 0.05) is 32.5 Å². The van der Waals surface area contributed by atoms with Crippen molar-refractivity contribution in [2.45, 2.75) is 19.3 Å². The number of carbonyl (C=O) groups excluding carboxylic acids is 1. The minimum Gasteiger partial charge on any atom is -0.339 e. The number of piperidine rings is 1. The van der Waals surface area contributed by atoms with Gasteiger partial charge in [0.05, 0.1) is 0 Å². The SMILES string of the molecule is CN(CCN1CCCCC1)C(=O)c1cn2ccccc2n1. The number of hydrogen-bond donors (Lipinski definition) is 0. The molecule has 1 fully saturated rings. The molecule has 1 aliphatic heterocycles. The van der Waals surface area contributed by atoms with Gasteiger partial charge in [-0.1, -0.05) is 12.5 Å². The van der Waals surface area contributed by atoms with Gasteiger partial charge in [-0.25, -0.2) is 4.98 Å². The second-order valence-corrected chi connectivity index (χ2v) is 5.72. The van der Waals surface area contributed by atoms with E-state index in [9.17, 15) is 4.79 Å². The van der Waals surface area contributed by atoms with Crippen LogP contribution in [0.25, 0.3) is 5.65 Å². The molecule has 0 radical (unpaired) electrons. The van der Waals surface area contributed by atoms with E-state index in [-0.39, 0.29) is 5.91 Å². The zero-order chi connectivity index (χ0) is 14.7. The summed E-state index contributed by atoms with van der Waals surface area (Å²) in [6.45, 7) is 4.04. The highest BCUT2D eigenvalue weighted by Gasteiger charge is 2.17. The average Bonchev–Trinajstić information content (AvgIpc) is 2.97. The molecule has 0 bridgehead atoms. The third-order valence-electron chi connectivity index (χ3n) is 4.13. The minimum absolute atomic E-state index is 0.00397. The number of pyridine rings is 1. The molecule has 0 atom stereocenters. The van der Waals surface area contributed by atoms with Gasteiger partial charge in [-0.3, -0.25) is 4.79 Å². The van der Waals surface area contributed by atoms with Crippen LogP contribution in [0.15, 0.2) is 30.6 Å². The average molecular weight is 286 g/mol. The van der Waals surface area contributed by atoms with Crippen molar-refractivity contribution in [1.29, 1.82) is 0 Å². The fourth-order valence-corrected chi connectivity index (χ4v) is 2.81. The van der Waals surface area contributed by atoms with Gasteiger partial charge in [-0.2, -0.15) is 0 Å². The zero-order valence-electron chi connectivity index (χ0n) is 12.5. The molecule has 0 unspecified atom stereocenters. The van der Waals surface area contributed by atoms with Gasteiger partial charge >= 0.3 is 0 Å². The number of fused-ring (bicyclic) bond motifs is 1. The maximum atomic E-state index is 12.4. The molecule has 0 aromatic carbocycles. The molecule has 1 saturated heterocycles. The Labute approximate surface area is 125 Å². The van der Waals surface area contributed by atoms with E-state index in [0.717, 1.165) is 31.8 Å². The fourth-order valence-electron chi connectivity index (χ4n) is 2.81. The normalized spacial score (nSPS) is 16.2. The number of amides is 1. The highest BCUT2D eigenvalue weighted by Crippen LogP contribution is 2.09. The Hall–Kier alpha value is -1.88. The number of carbonyl (C=O) groups is 1. The monoisotopic (exact) mass is 286 g/mol. The van der Waals surface area contributed by atoms with E-state index in [0.29, 0.717) is 5.69 Å². The van der Waals surface area contributed by atoms with Crippen LogP contribution in [0.1, 0.15) is 29.8 Å². The predicted molar refractivity (Wildman–Crippen MR) is 82.4 cm³/mol. The summed E-state index contributed by atoms with van der Waals surface area (Å²) in [6.07, 6.45) is 7.61. The topological polar surface area (TPSA) is 40.9 Å². The van der Waals surface area contributed by atoms with Crippen LogP contribution in [0.5, 0.6) is 0 Å². The standard InChI is InChI=1S/C16H22N4O/c1-18(11-12-19-8-4-2-5-9-19)16(21)14-13-20-10-6-3-7-15(20)17-14/h3,6-7,10,13H,2,4-5,8-9,11-12H2,1H3. The molecule has 21 heavy (non-hydrogen) atoms. The molecule has 3 rings (SSSR count). The third kappa shape index (κ3) is 3.24. The van der Waals surface area contributed by atoms with Crippen LogP contribution < -0.4 is 0 Å². The second-order valence-electron chi connectivity index (χ2n) is 5.72. The van der Waals surface area contributed by atoms with E-state index >= 15 is 0 Å². The molecule has 5 nitrogen and oxygen atoms in total. The summed E-state index contributed by atoms with van der Waals surface area (Å²) in [7, 11) is 1.86. The molecule has 2 aromatic heterocycles. The molecule has 1 amide bonds. The van der Waals surface area contributed by atoms with Gasteiger partial charge in [0.2, 0.25) is 0 Å². The van der Waals surface area contributed by atoms with Crippen LogP contribution >= 0.6 is 0 Å². The number of nitrogens with zero attached hydrogens (tertiary/aromatic N) is 4. The van der Waals surface area contributed by atoms with Gasteiger partial charge in [0.1, 0.15) is 11.3 Å². The van der Waals surface area contributed by atoms with E-state index < -0.39 is 0 Å². The Morgan fingerprint density at radius 3 is 2.86 bits per heavy atom. The summed E-state index contributed by atoms with van der Waals surface area (Å²) in [5.74, 6) is -0.00397. The summed E-state index contributed by atoms with van der Waals surface area (Å²) in [5.41, 5.74) is 1.33. The van der Waals surface area contributed by atoms with Crippen molar-refractivity contribution < 1.29 is 4.79 Å². The molecule has 5 heteroatoms. The number of hydrogen-bond acceptors (Lipinski definition) is 3. The molecule has 112 valence electrons. The van der Waals surface area contributed by atoms with Crippen LogP contribution in [0.3, 0.4) is 0 Å². The first-order chi connectivity index (χ1) is 10.2. The number of aromatic nitrogens is 2. The van der Waals surface area contributed by atoms with E-state index in [1.54, 1.807) is 11.1 Å². The minimum atomic E-state index is -0.00397. The lowest BCUT2D eigenvalue weighted by atomic mass is 10.1. The Morgan fingerprint density at radius 2 is 2.10 bits per heavy atom. The van der Waals surface area contributed by atoms with E-state index in [1.807, 2.05) is 35.8 Å². The number of likely N-dealkylation sites (N-methyl/N-ethyl adjacent to an activating group) is 1. The lowest BCUT2D eigenvalue weighted by Gasteiger charge is -2.28. The molecule has 0 saturated carbocycles. The molecule has 0 aliphatic carbocycles. The molecule has 2 aromatic rings. The predicted octanol–water partition coefficient (Wildman–Crippen LogP) is 1.89. The first-order valence-corrected chi connectivity index (χ1v) is 7.65. The molecular formula is C16H22N4O. The Morgan fingerprint density at radius 1 is 1.29 bits per heavy atom. The fraction of sp³-hybridized carbons (Fsp3) is 0.500. The van der Waals surface area contributed by atoms with Crippen LogP contribution in [0.4, 0.5) is 0 Å². The van der Waals surface area contributed by atoms with Gasteiger partial charge < -0.3 is 14.2 Å². The summed E-state index contributed by atoms with van der Waals surface area (Å²) >= 11 is 0. The van der Waals surface area contributed by atoms with Crippen LogP contribution in [0.2, 0.25) is 0 Å². The molecule has 3 heterocycles. The Bertz CT molecular complexity index is 583. The Kier molecular flexibility index (Phi) is 4.20. The maximum absolute atomic E-state index is 12.4. The van der Waals surface area contributed by atoms with Crippen molar-refractivity contribution in [3.05, 3.63) is 36.3 Å². The van der Waals surface area contributed by atoms with E-state index in [4.69, 9.17) is 0 Å². The number of imidazole rings is 1. The summed E-state index contributed by atoms with van der Waals surface area (Å²) in [4.78, 5) is 21.0. The first kappa shape index (κ1) is 14.1. The van der Waals surface area contributed by atoms with Crippen molar-refractivity contribution in [3.8, 4) is 0 Å². The van der Waals surface area contributed by atoms with Crippen molar-refractivity contribution in [2.24, 2.45) is 0 Å². The van der Waals surface area contributed by atoms with Crippen LogP contribution in [0, 0.1) is 0 Å². The molecular weight excluding hydrogens is 264 g/mol. The number of rotatable bonds is 4. The van der Waals surface area contributed by atoms with E-state index in [2.05, 4.69) is 9.88 Å². The van der Waals surface area contributed by atoms with Gasteiger partial charge in [-0.15, -0.1) is 0 Å². The van der Waals surface area contributed by atoms with Gasteiger partial charge in [0.25, 0.3) is 5.91 Å². The van der Waals surface area contributed by atoms with Crippen molar-refractivity contribution in [2.75, 3.05) is 33.2 Å². The quantitative estimate of drug-likeness (QED) is 0.862. The van der Waals surface area contributed by atoms with Crippen molar-refractivity contribution >= 4 is 11.6 Å². The van der Waals surface area contributed by atoms with Gasteiger partial charge in [-0.05, 0) is 38.1 Å². The summed E-state index contributed by atoms with van der Waals surface area (Å²) in [6, 6.07) is 5.77. The van der Waals surface area contributed by atoms with Crippen LogP contribution in [-0.2, 0) is 0 Å². The van der Waals surface area contributed by atoms with Crippen molar-refractivity contribution in [3.63, 3.8) is 0 Å². The highest BCUT2D eigenvalue weighted by molar-refractivity contribution is 5.92. The third-order valence-corrected chi connectivity index (χ3v) is 4.13. The summed E-state index contributed by atoms with van der Waals surface area (Å²) < 4.78 is 1.88. The lowest BCUT2D eigenvalue weighted by molar-refractivity contribution is 0.0768. The Balaban J connectivity index is 1.60. The molecule has 0 N–H and O–H groups in total. The van der Waals surface area contributed by atoms with E-state index in [1.165, 1.54) is 19.3 Å². The van der Waals surface area contributed by atoms with Crippen LogP contribution in [-0.4, -0.2) is 58.3 Å². The largest absolute Gasteiger partial charge is 0.339 e. The maximum Gasteiger partial charge on any atom is 0.273 e. The van der Waals surface area contributed by atoms with Gasteiger partial charge in [0.15, 0.2) is 0 Å². The highest BCUT2D eigenvalue weighted by atomic mass is 16.2. The molecule has 0 spiro atoms. The number of likely N-dealkylation sites (tertiary alicyclic amines) is 1. The molecule has 1 aliphatic rings.